The van der Waals surface area contributed by atoms with Crippen molar-refractivity contribution in [3.8, 4) is 0 Å². The minimum Gasteiger partial charge on any atom is -0.347 e. The van der Waals surface area contributed by atoms with Crippen molar-refractivity contribution in [1.82, 2.24) is 20.2 Å². The van der Waals surface area contributed by atoms with Gasteiger partial charge >= 0.3 is 0 Å². The molecule has 8 nitrogen and oxygen atoms in total. The van der Waals surface area contributed by atoms with E-state index in [2.05, 4.69) is 20.6 Å². The number of nitrogens with one attached hydrogen (secondary N) is 2. The Bertz CT molecular complexity index is 940. The highest BCUT2D eigenvalue weighted by molar-refractivity contribution is 6.04. The zero-order valence-electron chi connectivity index (χ0n) is 16.9. The van der Waals surface area contributed by atoms with E-state index in [1.54, 1.807) is 11.8 Å². The summed E-state index contributed by atoms with van der Waals surface area (Å²) in [4.78, 5) is 46.1. The Morgan fingerprint density at radius 1 is 1.17 bits per heavy atom. The molecule has 1 fully saturated rings. The Labute approximate surface area is 173 Å². The Kier molecular flexibility index (Phi) is 6.71. The molecule has 158 valence electrons. The van der Waals surface area contributed by atoms with Gasteiger partial charge in [-0.15, -0.1) is 0 Å². The number of carbonyl (C=O) groups is 3. The van der Waals surface area contributed by atoms with Gasteiger partial charge in [0.15, 0.2) is 0 Å². The van der Waals surface area contributed by atoms with E-state index in [-0.39, 0.29) is 36.0 Å². The number of carbonyl (C=O) groups excluding carboxylic acids is 3. The highest BCUT2D eigenvalue weighted by Gasteiger charge is 2.26. The lowest BCUT2D eigenvalue weighted by Crippen LogP contribution is -2.43. The second kappa shape index (κ2) is 9.43. The van der Waals surface area contributed by atoms with Crippen molar-refractivity contribution in [3.63, 3.8) is 0 Å². The van der Waals surface area contributed by atoms with E-state index in [9.17, 15) is 18.8 Å². The van der Waals surface area contributed by atoms with Gasteiger partial charge in [-0.05, 0) is 44.0 Å². The van der Waals surface area contributed by atoms with Crippen molar-refractivity contribution < 1.29 is 18.8 Å². The van der Waals surface area contributed by atoms with Crippen LogP contribution in [0.5, 0.6) is 0 Å². The molecule has 0 radical (unpaired) electrons. The van der Waals surface area contributed by atoms with Gasteiger partial charge in [0, 0.05) is 37.8 Å². The Hall–Kier alpha value is -3.36. The molecule has 1 aliphatic rings. The molecule has 1 aliphatic heterocycles. The van der Waals surface area contributed by atoms with Crippen LogP contribution in [0.3, 0.4) is 0 Å². The number of piperidine rings is 1. The summed E-state index contributed by atoms with van der Waals surface area (Å²) >= 11 is 0. The van der Waals surface area contributed by atoms with Crippen LogP contribution < -0.4 is 10.6 Å². The Morgan fingerprint density at radius 2 is 1.83 bits per heavy atom. The molecule has 1 aromatic carbocycles. The minimum atomic E-state index is -0.375. The molecule has 9 heteroatoms. The van der Waals surface area contributed by atoms with Crippen LogP contribution in [-0.2, 0) is 9.59 Å². The zero-order chi connectivity index (χ0) is 21.7. The number of anilines is 1. The maximum atomic E-state index is 13.0. The molecule has 0 bridgehead atoms. The van der Waals surface area contributed by atoms with Crippen molar-refractivity contribution in [1.29, 1.82) is 0 Å². The number of aryl methyl sites for hydroxylation is 1. The third-order valence-electron chi connectivity index (χ3n) is 5.05. The van der Waals surface area contributed by atoms with Gasteiger partial charge in [-0.3, -0.25) is 14.4 Å². The molecule has 2 aromatic rings. The van der Waals surface area contributed by atoms with Gasteiger partial charge in [0.25, 0.3) is 5.91 Å². The van der Waals surface area contributed by atoms with E-state index in [1.807, 2.05) is 0 Å². The number of hydrogen-bond acceptors (Lipinski definition) is 5. The molecule has 30 heavy (non-hydrogen) atoms. The van der Waals surface area contributed by atoms with Crippen molar-refractivity contribution in [2.45, 2.75) is 32.6 Å². The van der Waals surface area contributed by atoms with Crippen LogP contribution in [0, 0.1) is 12.7 Å². The third-order valence-corrected chi connectivity index (χ3v) is 5.05. The van der Waals surface area contributed by atoms with Gasteiger partial charge in [-0.2, -0.15) is 0 Å². The molecule has 0 unspecified atom stereocenters. The fourth-order valence-electron chi connectivity index (χ4n) is 3.34. The predicted molar refractivity (Wildman–Crippen MR) is 108 cm³/mol. The highest BCUT2D eigenvalue weighted by atomic mass is 19.1. The first kappa shape index (κ1) is 21.4. The van der Waals surface area contributed by atoms with Crippen molar-refractivity contribution in [3.05, 3.63) is 53.4 Å². The lowest BCUT2D eigenvalue weighted by Gasteiger charge is -2.31. The third kappa shape index (κ3) is 5.37. The van der Waals surface area contributed by atoms with Gasteiger partial charge < -0.3 is 15.5 Å². The number of nitrogens with zero attached hydrogens (tertiary/aromatic N) is 3. The molecule has 0 aliphatic carbocycles. The topological polar surface area (TPSA) is 104 Å². The zero-order valence-corrected chi connectivity index (χ0v) is 16.9. The molecule has 3 rings (SSSR count). The van der Waals surface area contributed by atoms with Gasteiger partial charge in [0.05, 0.1) is 17.8 Å². The fourth-order valence-corrected chi connectivity index (χ4v) is 3.34. The van der Waals surface area contributed by atoms with E-state index < -0.39 is 0 Å². The molecule has 0 atom stereocenters. The number of aromatic nitrogens is 2. The molecule has 1 aromatic heterocycles. The van der Waals surface area contributed by atoms with Gasteiger partial charge in [0.2, 0.25) is 11.8 Å². The molecular weight excluding hydrogens is 389 g/mol. The van der Waals surface area contributed by atoms with Crippen LogP contribution in [-0.4, -0.2) is 52.2 Å². The SMILES string of the molecule is CC(=O)NCC(=O)N1CCC(c2ncc(C(=O)Nc3ccc(F)cc3)c(C)n2)CC1. The van der Waals surface area contributed by atoms with Crippen molar-refractivity contribution in [2.24, 2.45) is 0 Å². The van der Waals surface area contributed by atoms with Crippen LogP contribution in [0.15, 0.2) is 30.5 Å². The average Bonchev–Trinajstić information content (AvgIpc) is 2.73. The van der Waals surface area contributed by atoms with Crippen LogP contribution in [0.25, 0.3) is 0 Å². The molecular formula is C21H24FN5O3. The second-order valence-electron chi connectivity index (χ2n) is 7.25. The molecule has 0 saturated carbocycles. The lowest BCUT2D eigenvalue weighted by molar-refractivity contribution is -0.133. The first-order valence-corrected chi connectivity index (χ1v) is 9.76. The van der Waals surface area contributed by atoms with Crippen molar-refractivity contribution in [2.75, 3.05) is 25.0 Å². The van der Waals surface area contributed by atoms with Crippen LogP contribution in [0.1, 0.15) is 47.6 Å². The minimum absolute atomic E-state index is 0.00741. The molecule has 2 heterocycles. The number of halogens is 1. The fraction of sp³-hybridized carbons (Fsp3) is 0.381. The number of rotatable bonds is 5. The second-order valence-corrected chi connectivity index (χ2v) is 7.25. The van der Waals surface area contributed by atoms with E-state index in [0.717, 1.165) is 0 Å². The monoisotopic (exact) mass is 413 g/mol. The quantitative estimate of drug-likeness (QED) is 0.780. The summed E-state index contributed by atoms with van der Waals surface area (Å²) in [5.41, 5.74) is 1.40. The standard InChI is InChI=1S/C21H24FN5O3/c1-13-18(21(30)26-17-5-3-16(22)4-6-17)11-24-20(25-13)15-7-9-27(10-8-15)19(29)12-23-14(2)28/h3-6,11,15H,7-10,12H2,1-2H3,(H,23,28)(H,26,30). The lowest BCUT2D eigenvalue weighted by atomic mass is 9.95. The number of benzene rings is 1. The van der Waals surface area contributed by atoms with E-state index in [0.29, 0.717) is 48.7 Å². The summed E-state index contributed by atoms with van der Waals surface area (Å²) in [6, 6.07) is 5.52. The van der Waals surface area contributed by atoms with Crippen LogP contribution in [0.4, 0.5) is 10.1 Å². The number of likely N-dealkylation sites (tertiary alicyclic amines) is 1. The smallest absolute Gasteiger partial charge is 0.259 e. The van der Waals surface area contributed by atoms with Gasteiger partial charge in [0.1, 0.15) is 11.6 Å². The molecule has 1 saturated heterocycles. The van der Waals surface area contributed by atoms with Crippen molar-refractivity contribution >= 4 is 23.4 Å². The normalized spacial score (nSPS) is 14.3. The summed E-state index contributed by atoms with van der Waals surface area (Å²) in [5, 5.41) is 5.22. The highest BCUT2D eigenvalue weighted by Crippen LogP contribution is 2.26. The summed E-state index contributed by atoms with van der Waals surface area (Å²) in [5.74, 6) is -0.314. The van der Waals surface area contributed by atoms with E-state index >= 15 is 0 Å². The first-order chi connectivity index (χ1) is 14.3. The molecule has 3 amide bonds. The Balaban J connectivity index is 1.59. The molecule has 2 N–H and O–H groups in total. The van der Waals surface area contributed by atoms with E-state index in [4.69, 9.17) is 0 Å². The first-order valence-electron chi connectivity index (χ1n) is 9.76. The summed E-state index contributed by atoms with van der Waals surface area (Å²) < 4.78 is 13.0. The number of hydrogen-bond donors (Lipinski definition) is 2. The van der Waals surface area contributed by atoms with Crippen LogP contribution in [0.2, 0.25) is 0 Å². The molecule has 0 spiro atoms. The summed E-state index contributed by atoms with van der Waals surface area (Å²) in [7, 11) is 0. The van der Waals surface area contributed by atoms with E-state index in [1.165, 1.54) is 37.4 Å². The Morgan fingerprint density at radius 3 is 2.43 bits per heavy atom. The summed E-state index contributed by atoms with van der Waals surface area (Å²) in [6.07, 6.45) is 2.93. The predicted octanol–water partition coefficient (Wildman–Crippen LogP) is 2.02. The maximum absolute atomic E-state index is 13.0. The summed E-state index contributed by atoms with van der Waals surface area (Å²) in [6.45, 7) is 4.27. The van der Waals surface area contributed by atoms with Crippen LogP contribution >= 0.6 is 0 Å². The maximum Gasteiger partial charge on any atom is 0.259 e. The van der Waals surface area contributed by atoms with Gasteiger partial charge in [-0.25, -0.2) is 14.4 Å². The largest absolute Gasteiger partial charge is 0.347 e. The average molecular weight is 413 g/mol. The number of amides is 3. The van der Waals surface area contributed by atoms with Gasteiger partial charge in [-0.1, -0.05) is 0 Å².